The van der Waals surface area contributed by atoms with E-state index >= 15 is 0 Å². The van der Waals surface area contributed by atoms with Crippen molar-refractivity contribution >= 4 is 11.9 Å². The van der Waals surface area contributed by atoms with Crippen LogP contribution in [0.1, 0.15) is 110 Å². The minimum absolute atomic E-state index is 0.0840. The molecule has 0 heterocycles. The summed E-state index contributed by atoms with van der Waals surface area (Å²) in [5.41, 5.74) is 0. The zero-order valence-corrected chi connectivity index (χ0v) is 15.9. The number of rotatable bonds is 17. The molecular formula is C20H38O4. The fraction of sp³-hybridized carbons (Fsp3) is 0.900. The standard InChI is InChI=1S/C20H38O4/c1-3-4-5-6-9-12-15-19(24-18(2)21)16-13-10-7-8-11-14-17-20(22)23/h19H,3-17H2,1-2H3,(H,22,23). The minimum atomic E-state index is -0.700. The van der Waals surface area contributed by atoms with E-state index in [1.54, 1.807) is 0 Å². The van der Waals surface area contributed by atoms with E-state index in [0.717, 1.165) is 57.8 Å². The highest BCUT2D eigenvalue weighted by Crippen LogP contribution is 2.17. The molecule has 0 saturated carbocycles. The van der Waals surface area contributed by atoms with Crippen LogP contribution in [0.3, 0.4) is 0 Å². The molecule has 0 aromatic rings. The first-order chi connectivity index (χ1) is 11.6. The van der Waals surface area contributed by atoms with Crippen LogP contribution in [0.4, 0.5) is 0 Å². The van der Waals surface area contributed by atoms with Crippen LogP contribution in [-0.2, 0) is 14.3 Å². The summed E-state index contributed by atoms with van der Waals surface area (Å²) in [6.45, 7) is 3.72. The van der Waals surface area contributed by atoms with Crippen molar-refractivity contribution in [2.24, 2.45) is 0 Å². The third kappa shape index (κ3) is 17.3. The zero-order valence-electron chi connectivity index (χ0n) is 15.9. The molecule has 4 heteroatoms. The van der Waals surface area contributed by atoms with E-state index in [2.05, 4.69) is 6.92 Å². The Hall–Kier alpha value is -1.06. The van der Waals surface area contributed by atoms with Crippen molar-refractivity contribution < 1.29 is 19.4 Å². The Morgan fingerprint density at radius 1 is 0.792 bits per heavy atom. The van der Waals surface area contributed by atoms with Crippen LogP contribution < -0.4 is 0 Å². The Morgan fingerprint density at radius 3 is 1.71 bits per heavy atom. The van der Waals surface area contributed by atoms with Gasteiger partial charge in [0.1, 0.15) is 6.10 Å². The maximum absolute atomic E-state index is 11.2. The van der Waals surface area contributed by atoms with Crippen molar-refractivity contribution in [2.75, 3.05) is 0 Å². The van der Waals surface area contributed by atoms with Crippen molar-refractivity contribution in [3.63, 3.8) is 0 Å². The normalized spacial score (nSPS) is 12.1. The third-order valence-corrected chi connectivity index (χ3v) is 4.38. The molecule has 0 amide bonds. The average Bonchev–Trinajstić information content (AvgIpc) is 2.52. The minimum Gasteiger partial charge on any atom is -0.481 e. The van der Waals surface area contributed by atoms with Gasteiger partial charge in [0.15, 0.2) is 0 Å². The van der Waals surface area contributed by atoms with Gasteiger partial charge < -0.3 is 9.84 Å². The number of carbonyl (C=O) groups is 2. The SMILES string of the molecule is CCCCCCCCC(CCCCCCCCC(=O)O)OC(C)=O. The largest absolute Gasteiger partial charge is 0.481 e. The molecule has 0 aliphatic heterocycles. The molecule has 0 aliphatic rings. The highest BCUT2D eigenvalue weighted by molar-refractivity contribution is 5.66. The average molecular weight is 343 g/mol. The van der Waals surface area contributed by atoms with Crippen molar-refractivity contribution in [1.29, 1.82) is 0 Å². The van der Waals surface area contributed by atoms with Crippen LogP contribution in [-0.4, -0.2) is 23.1 Å². The lowest BCUT2D eigenvalue weighted by Gasteiger charge is -2.17. The van der Waals surface area contributed by atoms with Gasteiger partial charge in [-0.05, 0) is 32.1 Å². The summed E-state index contributed by atoms with van der Waals surface area (Å²) in [5.74, 6) is -0.867. The fourth-order valence-corrected chi connectivity index (χ4v) is 3.00. The van der Waals surface area contributed by atoms with Crippen LogP contribution in [0.25, 0.3) is 0 Å². The number of carboxylic acids is 1. The molecule has 0 aromatic carbocycles. The van der Waals surface area contributed by atoms with Crippen LogP contribution >= 0.6 is 0 Å². The third-order valence-electron chi connectivity index (χ3n) is 4.38. The summed E-state index contributed by atoms with van der Waals surface area (Å²) in [7, 11) is 0. The van der Waals surface area contributed by atoms with E-state index in [1.807, 2.05) is 0 Å². The molecule has 142 valence electrons. The van der Waals surface area contributed by atoms with Gasteiger partial charge in [0.05, 0.1) is 0 Å². The molecular weight excluding hydrogens is 304 g/mol. The number of hydrogen-bond donors (Lipinski definition) is 1. The van der Waals surface area contributed by atoms with E-state index in [9.17, 15) is 9.59 Å². The molecule has 0 saturated heterocycles. The van der Waals surface area contributed by atoms with E-state index in [4.69, 9.17) is 9.84 Å². The van der Waals surface area contributed by atoms with Crippen LogP contribution in [0, 0.1) is 0 Å². The topological polar surface area (TPSA) is 63.6 Å². The highest BCUT2D eigenvalue weighted by atomic mass is 16.5. The second-order valence-electron chi connectivity index (χ2n) is 6.84. The summed E-state index contributed by atoms with van der Waals surface area (Å²) in [6.07, 6.45) is 16.2. The number of carbonyl (C=O) groups excluding carboxylic acids is 1. The molecule has 1 unspecified atom stereocenters. The van der Waals surface area contributed by atoms with Crippen LogP contribution in [0.2, 0.25) is 0 Å². The Labute approximate surface area is 148 Å². The van der Waals surface area contributed by atoms with Crippen molar-refractivity contribution in [3.8, 4) is 0 Å². The van der Waals surface area contributed by atoms with E-state index in [0.29, 0.717) is 0 Å². The molecule has 1 N–H and O–H groups in total. The summed E-state index contributed by atoms with van der Waals surface area (Å²) in [6, 6.07) is 0. The maximum atomic E-state index is 11.2. The summed E-state index contributed by atoms with van der Waals surface area (Å²) < 4.78 is 5.45. The lowest BCUT2D eigenvalue weighted by atomic mass is 10.0. The van der Waals surface area contributed by atoms with Crippen molar-refractivity contribution in [3.05, 3.63) is 0 Å². The second-order valence-corrected chi connectivity index (χ2v) is 6.84. The number of hydrogen-bond acceptors (Lipinski definition) is 3. The van der Waals surface area contributed by atoms with E-state index in [-0.39, 0.29) is 18.5 Å². The predicted molar refractivity (Wildman–Crippen MR) is 98.1 cm³/mol. The van der Waals surface area contributed by atoms with Gasteiger partial charge >= 0.3 is 11.9 Å². The van der Waals surface area contributed by atoms with Crippen LogP contribution in [0.15, 0.2) is 0 Å². The van der Waals surface area contributed by atoms with Gasteiger partial charge in [0.2, 0.25) is 0 Å². The molecule has 0 rings (SSSR count). The van der Waals surface area contributed by atoms with Gasteiger partial charge in [-0.2, -0.15) is 0 Å². The lowest BCUT2D eigenvalue weighted by molar-refractivity contribution is -0.147. The molecule has 0 aliphatic carbocycles. The Kier molecular flexibility index (Phi) is 16.0. The second kappa shape index (κ2) is 16.8. The number of esters is 1. The first-order valence-electron chi connectivity index (χ1n) is 9.95. The molecule has 0 bridgehead atoms. The molecule has 24 heavy (non-hydrogen) atoms. The number of aliphatic carboxylic acids is 1. The summed E-state index contributed by atoms with van der Waals surface area (Å²) in [4.78, 5) is 21.6. The molecule has 0 fully saturated rings. The Bertz CT molecular complexity index is 315. The molecule has 0 spiro atoms. The smallest absolute Gasteiger partial charge is 0.303 e. The number of unbranched alkanes of at least 4 members (excludes halogenated alkanes) is 10. The molecule has 4 nitrogen and oxygen atoms in total. The molecule has 0 aromatic heterocycles. The number of carboxylic acid groups (broad SMARTS) is 1. The maximum Gasteiger partial charge on any atom is 0.303 e. The predicted octanol–water partition coefficient (Wildman–Crippen LogP) is 5.87. The first kappa shape index (κ1) is 22.9. The van der Waals surface area contributed by atoms with E-state index in [1.165, 1.54) is 39.0 Å². The van der Waals surface area contributed by atoms with Crippen LogP contribution in [0.5, 0.6) is 0 Å². The first-order valence-corrected chi connectivity index (χ1v) is 9.95. The van der Waals surface area contributed by atoms with Gasteiger partial charge in [-0.25, -0.2) is 0 Å². The van der Waals surface area contributed by atoms with Gasteiger partial charge in [-0.15, -0.1) is 0 Å². The molecule has 0 radical (unpaired) electrons. The van der Waals surface area contributed by atoms with Crippen molar-refractivity contribution in [1.82, 2.24) is 0 Å². The van der Waals surface area contributed by atoms with Gasteiger partial charge in [-0.1, -0.05) is 64.7 Å². The lowest BCUT2D eigenvalue weighted by Crippen LogP contribution is -2.16. The van der Waals surface area contributed by atoms with Gasteiger partial charge in [0, 0.05) is 13.3 Å². The Balaban J connectivity index is 3.64. The van der Waals surface area contributed by atoms with E-state index < -0.39 is 5.97 Å². The van der Waals surface area contributed by atoms with Gasteiger partial charge in [-0.3, -0.25) is 9.59 Å². The quantitative estimate of drug-likeness (QED) is 0.265. The van der Waals surface area contributed by atoms with Gasteiger partial charge in [0.25, 0.3) is 0 Å². The van der Waals surface area contributed by atoms with Crippen molar-refractivity contribution in [2.45, 2.75) is 116 Å². The fourth-order valence-electron chi connectivity index (χ4n) is 3.00. The summed E-state index contributed by atoms with van der Waals surface area (Å²) in [5, 5.41) is 8.58. The highest BCUT2D eigenvalue weighted by Gasteiger charge is 2.11. The molecule has 1 atom stereocenters. The monoisotopic (exact) mass is 342 g/mol. The number of ether oxygens (including phenoxy) is 1. The summed E-state index contributed by atoms with van der Waals surface area (Å²) >= 11 is 0. The Morgan fingerprint density at radius 2 is 1.25 bits per heavy atom. The zero-order chi connectivity index (χ0) is 18.0.